The minimum Gasteiger partial charge on any atom is -0.326 e. The number of nitrogens with zero attached hydrogens (tertiary/aromatic N) is 1. The maximum absolute atomic E-state index is 12.2. The van der Waals surface area contributed by atoms with Crippen LogP contribution in [0.5, 0.6) is 0 Å². The summed E-state index contributed by atoms with van der Waals surface area (Å²) in [5.74, 6) is 0.0277. The molecule has 5 heteroatoms. The molecule has 0 spiro atoms. The minimum absolute atomic E-state index is 0.0277. The number of amides is 1. The molecule has 1 amide bonds. The molecule has 0 radical (unpaired) electrons. The van der Waals surface area contributed by atoms with Gasteiger partial charge in [-0.15, -0.1) is 0 Å². The zero-order valence-electron chi connectivity index (χ0n) is 15.1. The lowest BCUT2D eigenvalue weighted by Gasteiger charge is -2.44. The van der Waals surface area contributed by atoms with E-state index in [0.29, 0.717) is 11.4 Å². The lowest BCUT2D eigenvalue weighted by molar-refractivity contribution is -0.116. The molecule has 1 aromatic carbocycles. The average molecular weight is 352 g/mol. The molecule has 2 N–H and O–H groups in total. The average Bonchev–Trinajstić information content (AvgIpc) is 2.56. The third-order valence-corrected chi connectivity index (χ3v) is 5.38. The van der Waals surface area contributed by atoms with Crippen molar-refractivity contribution in [2.24, 2.45) is 0 Å². The first-order valence-corrected chi connectivity index (χ1v) is 9.25. The van der Waals surface area contributed by atoms with E-state index in [1.165, 1.54) is 32.1 Å². The summed E-state index contributed by atoms with van der Waals surface area (Å²) in [6.07, 6.45) is 6.87. The Balaban J connectivity index is 1.80. The van der Waals surface area contributed by atoms with Gasteiger partial charge in [0.2, 0.25) is 5.91 Å². The summed E-state index contributed by atoms with van der Waals surface area (Å²) < 4.78 is 0. The van der Waals surface area contributed by atoms with E-state index in [1.807, 2.05) is 12.1 Å². The van der Waals surface area contributed by atoms with Crippen LogP contribution in [0.2, 0.25) is 5.02 Å². The first-order chi connectivity index (χ1) is 11.4. The fourth-order valence-electron chi connectivity index (χ4n) is 3.45. The Morgan fingerprint density at radius 3 is 2.42 bits per heavy atom. The normalized spacial score (nSPS) is 18.4. The fraction of sp³-hybridized carbons (Fsp3) is 0.632. The highest BCUT2D eigenvalue weighted by molar-refractivity contribution is 6.30. The molecule has 1 aliphatic rings. The van der Waals surface area contributed by atoms with Gasteiger partial charge >= 0.3 is 0 Å². The highest BCUT2D eigenvalue weighted by Gasteiger charge is 2.34. The second kappa shape index (κ2) is 8.84. The number of nitrogens with one attached hydrogen (secondary N) is 2. The Kier molecular flexibility index (Phi) is 7.08. The lowest BCUT2D eigenvalue weighted by Crippen LogP contribution is -2.54. The number of carbonyl (C=O) groups is 1. The molecule has 0 aromatic heterocycles. The van der Waals surface area contributed by atoms with Crippen molar-refractivity contribution in [1.82, 2.24) is 10.2 Å². The molecule has 0 saturated heterocycles. The van der Waals surface area contributed by atoms with Crippen molar-refractivity contribution < 1.29 is 4.79 Å². The Labute approximate surface area is 150 Å². The smallest absolute Gasteiger partial charge is 0.225 e. The van der Waals surface area contributed by atoms with E-state index in [1.54, 1.807) is 12.1 Å². The molecule has 2 rings (SSSR count). The van der Waals surface area contributed by atoms with Gasteiger partial charge in [0.05, 0.1) is 0 Å². The molecule has 4 nitrogen and oxygen atoms in total. The highest BCUT2D eigenvalue weighted by Crippen LogP contribution is 2.31. The number of halogens is 1. The maximum Gasteiger partial charge on any atom is 0.225 e. The summed E-state index contributed by atoms with van der Waals surface area (Å²) in [6, 6.07) is 7.35. The monoisotopic (exact) mass is 351 g/mol. The minimum atomic E-state index is 0.0277. The van der Waals surface area contributed by atoms with Crippen LogP contribution in [0.25, 0.3) is 0 Å². The number of hydrogen-bond donors (Lipinski definition) is 2. The van der Waals surface area contributed by atoms with Gasteiger partial charge in [-0.1, -0.05) is 30.9 Å². The van der Waals surface area contributed by atoms with E-state index in [0.717, 1.165) is 12.2 Å². The first-order valence-electron chi connectivity index (χ1n) is 8.87. The standard InChI is InChI=1S/C19H30ClN3O/c1-15(13-18(24)22-17-9-7-16(20)8-10-17)21-14-19(23(2)3)11-5-4-6-12-19/h7-10,15,21H,4-6,11-14H2,1-3H3,(H,22,24)/t15-/m1/s1. The van der Waals surface area contributed by atoms with Gasteiger partial charge in [-0.25, -0.2) is 0 Å². The summed E-state index contributed by atoms with van der Waals surface area (Å²) in [5, 5.41) is 7.17. The van der Waals surface area contributed by atoms with Crippen LogP contribution in [0, 0.1) is 0 Å². The van der Waals surface area contributed by atoms with Crippen LogP contribution in [0.3, 0.4) is 0 Å². The Morgan fingerprint density at radius 1 is 1.21 bits per heavy atom. The molecular weight excluding hydrogens is 322 g/mol. The molecule has 0 aliphatic heterocycles. The maximum atomic E-state index is 12.2. The van der Waals surface area contributed by atoms with Crippen molar-refractivity contribution in [1.29, 1.82) is 0 Å². The highest BCUT2D eigenvalue weighted by atomic mass is 35.5. The predicted molar refractivity (Wildman–Crippen MR) is 102 cm³/mol. The van der Waals surface area contributed by atoms with Gasteiger partial charge in [0.15, 0.2) is 0 Å². The predicted octanol–water partition coefficient (Wildman–Crippen LogP) is 3.91. The van der Waals surface area contributed by atoms with Crippen LogP contribution in [0.15, 0.2) is 24.3 Å². The summed E-state index contributed by atoms with van der Waals surface area (Å²) in [5.41, 5.74) is 1.02. The molecule has 1 aliphatic carbocycles. The summed E-state index contributed by atoms with van der Waals surface area (Å²) in [4.78, 5) is 14.5. The van der Waals surface area contributed by atoms with Crippen LogP contribution in [-0.4, -0.2) is 43.0 Å². The van der Waals surface area contributed by atoms with Crippen LogP contribution < -0.4 is 10.6 Å². The molecule has 0 bridgehead atoms. The van der Waals surface area contributed by atoms with Gasteiger partial charge in [0, 0.05) is 35.3 Å². The summed E-state index contributed by atoms with van der Waals surface area (Å²) in [7, 11) is 4.34. The fourth-order valence-corrected chi connectivity index (χ4v) is 3.58. The van der Waals surface area contributed by atoms with Gasteiger partial charge in [-0.05, 0) is 58.1 Å². The van der Waals surface area contributed by atoms with E-state index in [4.69, 9.17) is 11.6 Å². The SMILES string of the molecule is C[C@H](CC(=O)Nc1ccc(Cl)cc1)NCC1(N(C)C)CCCCC1. The summed E-state index contributed by atoms with van der Waals surface area (Å²) in [6.45, 7) is 3.02. The third kappa shape index (κ3) is 5.47. The van der Waals surface area contributed by atoms with Crippen LogP contribution >= 0.6 is 11.6 Å². The van der Waals surface area contributed by atoms with Crippen LogP contribution in [0.1, 0.15) is 45.4 Å². The molecule has 0 unspecified atom stereocenters. The molecule has 1 atom stereocenters. The molecule has 24 heavy (non-hydrogen) atoms. The second-order valence-corrected chi connectivity index (χ2v) is 7.66. The van der Waals surface area contributed by atoms with E-state index in [9.17, 15) is 4.79 Å². The van der Waals surface area contributed by atoms with Crippen molar-refractivity contribution in [3.8, 4) is 0 Å². The summed E-state index contributed by atoms with van der Waals surface area (Å²) >= 11 is 5.86. The number of benzene rings is 1. The van der Waals surface area contributed by atoms with Gasteiger partial charge < -0.3 is 15.5 Å². The van der Waals surface area contributed by atoms with Gasteiger partial charge in [-0.3, -0.25) is 4.79 Å². The largest absolute Gasteiger partial charge is 0.326 e. The number of likely N-dealkylation sites (N-methyl/N-ethyl adjacent to an activating group) is 1. The van der Waals surface area contributed by atoms with Gasteiger partial charge in [0.25, 0.3) is 0 Å². The number of carbonyl (C=O) groups excluding carboxylic acids is 1. The number of hydrogen-bond acceptors (Lipinski definition) is 3. The Hall–Kier alpha value is -1.10. The topological polar surface area (TPSA) is 44.4 Å². The van der Waals surface area contributed by atoms with Crippen molar-refractivity contribution >= 4 is 23.2 Å². The molecule has 0 heterocycles. The van der Waals surface area contributed by atoms with E-state index >= 15 is 0 Å². The molecule has 1 aromatic rings. The van der Waals surface area contributed by atoms with Crippen molar-refractivity contribution in [2.75, 3.05) is 26.0 Å². The second-order valence-electron chi connectivity index (χ2n) is 7.22. The number of rotatable bonds is 7. The van der Waals surface area contributed by atoms with Crippen molar-refractivity contribution in [3.05, 3.63) is 29.3 Å². The van der Waals surface area contributed by atoms with E-state index < -0.39 is 0 Å². The van der Waals surface area contributed by atoms with Crippen molar-refractivity contribution in [2.45, 2.75) is 57.0 Å². The lowest BCUT2D eigenvalue weighted by atomic mass is 9.80. The third-order valence-electron chi connectivity index (χ3n) is 5.13. The Morgan fingerprint density at radius 2 is 1.83 bits per heavy atom. The van der Waals surface area contributed by atoms with E-state index in [-0.39, 0.29) is 17.5 Å². The molecular formula is C19H30ClN3O. The first kappa shape index (κ1) is 19.2. The molecule has 1 saturated carbocycles. The Bertz CT molecular complexity index is 524. The van der Waals surface area contributed by atoms with E-state index in [2.05, 4.69) is 36.6 Å². The molecule has 1 fully saturated rings. The van der Waals surface area contributed by atoms with Crippen molar-refractivity contribution in [3.63, 3.8) is 0 Å². The van der Waals surface area contributed by atoms with Crippen LogP contribution in [-0.2, 0) is 4.79 Å². The quantitative estimate of drug-likeness (QED) is 0.782. The van der Waals surface area contributed by atoms with Gasteiger partial charge in [0.1, 0.15) is 0 Å². The zero-order valence-corrected chi connectivity index (χ0v) is 15.8. The van der Waals surface area contributed by atoms with Gasteiger partial charge in [-0.2, -0.15) is 0 Å². The molecule has 134 valence electrons. The number of anilines is 1. The zero-order chi connectivity index (χ0) is 17.6. The van der Waals surface area contributed by atoms with Crippen LogP contribution in [0.4, 0.5) is 5.69 Å².